The van der Waals surface area contributed by atoms with Gasteiger partial charge in [-0.1, -0.05) is 39.3 Å². The van der Waals surface area contributed by atoms with Crippen molar-refractivity contribution in [2.75, 3.05) is 32.9 Å². The molecule has 0 radical (unpaired) electrons. The second-order valence-electron chi connectivity index (χ2n) is 8.05. The third-order valence-electron chi connectivity index (χ3n) is 5.82. The van der Waals surface area contributed by atoms with Gasteiger partial charge in [-0.2, -0.15) is 4.31 Å². The first-order chi connectivity index (χ1) is 11.3. The number of sulfonamides is 1. The molecule has 0 bridgehead atoms. The van der Waals surface area contributed by atoms with Crippen LogP contribution in [0.5, 0.6) is 0 Å². The topological polar surface area (TPSA) is 40.6 Å². The largest absolute Gasteiger partial charge is 0.309 e. The second-order valence-corrected chi connectivity index (χ2v) is 10.1. The minimum Gasteiger partial charge on any atom is -0.309 e. The molecule has 1 aliphatic heterocycles. The van der Waals surface area contributed by atoms with Gasteiger partial charge in [0.05, 0.1) is 5.75 Å². The molecule has 0 spiro atoms. The lowest BCUT2D eigenvalue weighted by Gasteiger charge is -2.32. The number of fused-ring (bicyclic) bond motifs is 1. The quantitative estimate of drug-likeness (QED) is 0.658. The number of hydrogen-bond acceptors (Lipinski definition) is 3. The minimum atomic E-state index is -3.12. The van der Waals surface area contributed by atoms with E-state index < -0.39 is 10.0 Å². The highest BCUT2D eigenvalue weighted by molar-refractivity contribution is 7.89. The zero-order chi connectivity index (χ0) is 17.9. The van der Waals surface area contributed by atoms with Gasteiger partial charge in [0.25, 0.3) is 0 Å². The van der Waals surface area contributed by atoms with Gasteiger partial charge < -0.3 is 4.90 Å². The van der Waals surface area contributed by atoms with E-state index in [0.717, 1.165) is 32.4 Å². The first kappa shape index (κ1) is 19.9. The van der Waals surface area contributed by atoms with Crippen molar-refractivity contribution < 1.29 is 8.42 Å². The summed E-state index contributed by atoms with van der Waals surface area (Å²) >= 11 is 0. The van der Waals surface area contributed by atoms with Crippen LogP contribution < -0.4 is 0 Å². The maximum atomic E-state index is 12.8. The molecule has 0 aromatic heterocycles. The van der Waals surface area contributed by atoms with Gasteiger partial charge in [-0.3, -0.25) is 0 Å². The van der Waals surface area contributed by atoms with Crippen molar-refractivity contribution in [2.45, 2.75) is 52.5 Å². The van der Waals surface area contributed by atoms with Gasteiger partial charge in [-0.05, 0) is 63.6 Å². The molecule has 0 saturated carbocycles. The van der Waals surface area contributed by atoms with Crippen molar-refractivity contribution in [1.82, 2.24) is 9.21 Å². The molecule has 1 heterocycles. The zero-order valence-corrected chi connectivity index (χ0v) is 16.9. The number of rotatable bonds is 7. The van der Waals surface area contributed by atoms with E-state index in [-0.39, 0.29) is 11.8 Å². The Kier molecular flexibility index (Phi) is 6.91. The van der Waals surface area contributed by atoms with E-state index in [1.54, 1.807) is 0 Å². The summed E-state index contributed by atoms with van der Waals surface area (Å²) in [6.07, 6.45) is 8.59. The second kappa shape index (κ2) is 8.33. The molecule has 2 aliphatic rings. The number of nitrogens with zero attached hydrogens (tertiary/aromatic N) is 2. The van der Waals surface area contributed by atoms with Gasteiger partial charge in [-0.25, -0.2) is 8.42 Å². The van der Waals surface area contributed by atoms with E-state index in [9.17, 15) is 8.42 Å². The molecule has 2 rings (SSSR count). The molecule has 1 saturated heterocycles. The van der Waals surface area contributed by atoms with Crippen LogP contribution in [0.2, 0.25) is 0 Å². The molecule has 0 amide bonds. The summed E-state index contributed by atoms with van der Waals surface area (Å²) in [6, 6.07) is 0.184. The lowest BCUT2D eigenvalue weighted by molar-refractivity contribution is 0.220. The molecule has 5 atom stereocenters. The first-order valence-corrected chi connectivity index (χ1v) is 11.2. The molecule has 1 fully saturated rings. The summed E-state index contributed by atoms with van der Waals surface area (Å²) in [5, 5.41) is 0. The summed E-state index contributed by atoms with van der Waals surface area (Å²) in [4.78, 5) is 2.23. The summed E-state index contributed by atoms with van der Waals surface area (Å²) < 4.78 is 27.6. The fourth-order valence-corrected chi connectivity index (χ4v) is 6.42. The van der Waals surface area contributed by atoms with Crippen LogP contribution in [0.25, 0.3) is 0 Å². The third-order valence-corrected chi connectivity index (χ3v) is 7.88. The van der Waals surface area contributed by atoms with Crippen LogP contribution in [-0.4, -0.2) is 56.6 Å². The van der Waals surface area contributed by atoms with E-state index in [0.29, 0.717) is 30.1 Å². The highest BCUT2D eigenvalue weighted by Crippen LogP contribution is 2.45. The first-order valence-electron chi connectivity index (χ1n) is 9.62. The lowest BCUT2D eigenvalue weighted by atomic mass is 9.77. The summed E-state index contributed by atoms with van der Waals surface area (Å²) in [7, 11) is 1.11. The Hall–Kier alpha value is -0.390. The Balaban J connectivity index is 2.31. The molecule has 0 unspecified atom stereocenters. The third kappa shape index (κ3) is 4.41. The van der Waals surface area contributed by atoms with Crippen LogP contribution >= 0.6 is 0 Å². The molecule has 0 N–H and O–H groups in total. The van der Waals surface area contributed by atoms with Gasteiger partial charge in [-0.15, -0.1) is 0 Å². The fraction of sp³-hybridized carbons (Fsp3) is 0.895. The fourth-order valence-electron chi connectivity index (χ4n) is 4.62. The Bertz CT molecular complexity index is 529. The molecule has 0 aromatic rings. The maximum absolute atomic E-state index is 12.8. The Morgan fingerprint density at radius 1 is 1.21 bits per heavy atom. The maximum Gasteiger partial charge on any atom is 0.214 e. The molecule has 0 aromatic carbocycles. The number of allylic oxidation sites excluding steroid dienone is 2. The van der Waals surface area contributed by atoms with Gasteiger partial charge in [0, 0.05) is 12.6 Å². The van der Waals surface area contributed by atoms with Crippen LogP contribution in [-0.2, 0) is 10.0 Å². The van der Waals surface area contributed by atoms with Crippen LogP contribution in [0, 0.1) is 23.7 Å². The Morgan fingerprint density at radius 2 is 1.92 bits per heavy atom. The van der Waals surface area contributed by atoms with Crippen LogP contribution in [0.4, 0.5) is 0 Å². The van der Waals surface area contributed by atoms with Gasteiger partial charge in [0.2, 0.25) is 10.0 Å². The molecular formula is C19H36N2O2S. The molecule has 140 valence electrons. The van der Waals surface area contributed by atoms with Gasteiger partial charge in [0.15, 0.2) is 0 Å². The van der Waals surface area contributed by atoms with E-state index in [4.69, 9.17) is 0 Å². The number of hydrogen-bond donors (Lipinski definition) is 0. The van der Waals surface area contributed by atoms with E-state index in [1.165, 1.54) is 0 Å². The molecule has 24 heavy (non-hydrogen) atoms. The van der Waals surface area contributed by atoms with Crippen molar-refractivity contribution in [3.63, 3.8) is 0 Å². The summed E-state index contributed by atoms with van der Waals surface area (Å²) in [5.74, 6) is 2.20. The molecular weight excluding hydrogens is 320 g/mol. The van der Waals surface area contributed by atoms with E-state index in [2.05, 4.69) is 45.0 Å². The van der Waals surface area contributed by atoms with E-state index >= 15 is 0 Å². The van der Waals surface area contributed by atoms with Crippen LogP contribution in [0.3, 0.4) is 0 Å². The van der Waals surface area contributed by atoms with E-state index in [1.807, 2.05) is 11.2 Å². The lowest BCUT2D eigenvalue weighted by Crippen LogP contribution is -2.41. The normalized spacial score (nSPS) is 34.5. The smallest absolute Gasteiger partial charge is 0.214 e. The highest BCUT2D eigenvalue weighted by Gasteiger charge is 2.48. The average Bonchev–Trinajstić information content (AvgIpc) is 2.78. The van der Waals surface area contributed by atoms with Crippen molar-refractivity contribution in [1.29, 1.82) is 0 Å². The summed E-state index contributed by atoms with van der Waals surface area (Å²) in [6.45, 7) is 8.20. The predicted octanol–water partition coefficient (Wildman–Crippen LogP) is 3.22. The SMILES string of the molecule is CCCS(=O)(=O)N1C[C@@H](CC)[C@H]2[C@@H](CCN(C)C)C=C[C@H](C)C[C@H]21. The van der Waals surface area contributed by atoms with Gasteiger partial charge in [0.1, 0.15) is 0 Å². The van der Waals surface area contributed by atoms with Crippen LogP contribution in [0.15, 0.2) is 12.2 Å². The molecule has 5 heteroatoms. The molecule has 1 aliphatic carbocycles. The Labute approximate surface area is 149 Å². The van der Waals surface area contributed by atoms with Crippen LogP contribution in [0.1, 0.15) is 46.5 Å². The predicted molar refractivity (Wildman–Crippen MR) is 101 cm³/mol. The average molecular weight is 357 g/mol. The van der Waals surface area contributed by atoms with Crippen molar-refractivity contribution >= 4 is 10.0 Å². The summed E-state index contributed by atoms with van der Waals surface area (Å²) in [5.41, 5.74) is 0. The highest BCUT2D eigenvalue weighted by atomic mass is 32.2. The Morgan fingerprint density at radius 3 is 2.50 bits per heavy atom. The monoisotopic (exact) mass is 356 g/mol. The minimum absolute atomic E-state index is 0.184. The zero-order valence-electron chi connectivity index (χ0n) is 16.1. The van der Waals surface area contributed by atoms with Crippen molar-refractivity contribution in [3.8, 4) is 0 Å². The molecule has 4 nitrogen and oxygen atoms in total. The standard InChI is InChI=1S/C19H36N2O2S/c1-6-12-24(22,23)21-14-16(7-2)19-17(10-11-20(4)5)9-8-15(3)13-18(19)21/h8-9,15-19H,6-7,10-14H2,1-5H3/t15-,16+,17+,18+,19-/m0/s1. The van der Waals surface area contributed by atoms with Crippen molar-refractivity contribution in [2.24, 2.45) is 23.7 Å². The van der Waals surface area contributed by atoms with Gasteiger partial charge >= 0.3 is 0 Å². The van der Waals surface area contributed by atoms with Crippen molar-refractivity contribution in [3.05, 3.63) is 12.2 Å².